The van der Waals surface area contributed by atoms with Crippen LogP contribution in [0.25, 0.3) is 22.6 Å². The number of pyridine rings is 1. The molecule has 0 saturated carbocycles. The number of ether oxygens (including phenoxy) is 3. The number of rotatable bonds is 5. The summed E-state index contributed by atoms with van der Waals surface area (Å²) in [4.78, 5) is 30.5. The second-order valence-corrected chi connectivity index (χ2v) is 11.6. The number of carbonyl (C=O) groups is 2. The first kappa shape index (κ1) is 23.5. The van der Waals surface area contributed by atoms with E-state index >= 15 is 0 Å². The Morgan fingerprint density at radius 3 is 2.78 bits per heavy atom. The molecule has 2 aromatic carbocycles. The van der Waals surface area contributed by atoms with Crippen molar-refractivity contribution in [3.63, 3.8) is 0 Å². The van der Waals surface area contributed by atoms with Crippen molar-refractivity contribution in [1.29, 1.82) is 0 Å². The Hall–Kier alpha value is -3.92. The van der Waals surface area contributed by atoms with Crippen molar-refractivity contribution in [2.45, 2.75) is 25.3 Å². The van der Waals surface area contributed by atoms with Crippen LogP contribution in [-0.2, 0) is 25.8 Å². The minimum Gasteiger partial charge on any atom is -0.454 e. The Balaban J connectivity index is 1.27. The fraction of sp³-hybridized carbons (Fsp3) is 0.296. The third-order valence-electron chi connectivity index (χ3n) is 6.82. The van der Waals surface area contributed by atoms with Crippen LogP contribution in [0.3, 0.4) is 0 Å². The maximum atomic E-state index is 13.3. The van der Waals surface area contributed by atoms with Crippen LogP contribution >= 0.6 is 0 Å². The molecule has 6 rings (SSSR count). The fourth-order valence-corrected chi connectivity index (χ4v) is 6.77. The van der Waals surface area contributed by atoms with Crippen LogP contribution in [0.2, 0.25) is 0 Å². The zero-order chi connectivity index (χ0) is 25.6. The number of hydrogen-bond donors (Lipinski definition) is 1. The smallest absolute Gasteiger partial charge is 0.339 e. The standard InChI is InChI=1S/C27H24N2O7S/c30-24(28-18-9-10-37(32,33)14-18)13-34-27(31)25-19-3-1-2-4-21(19)29-26-17(6-7-20(25)26)11-16-5-8-22-23(12-16)36-15-35-22/h1-5,8,11-12,18H,6-7,9-10,13-15H2,(H,28,30)/b17-11-/t18-/m0/s1. The largest absolute Gasteiger partial charge is 0.454 e. The van der Waals surface area contributed by atoms with Gasteiger partial charge in [0.1, 0.15) is 0 Å². The number of allylic oxidation sites excluding steroid dienone is 1. The van der Waals surface area contributed by atoms with Gasteiger partial charge in [0.25, 0.3) is 5.91 Å². The number of nitrogens with zero attached hydrogens (tertiary/aromatic N) is 1. The Kier molecular flexibility index (Phi) is 5.83. The first-order chi connectivity index (χ1) is 17.9. The van der Waals surface area contributed by atoms with E-state index < -0.39 is 34.4 Å². The van der Waals surface area contributed by atoms with Crippen molar-refractivity contribution in [3.05, 3.63) is 64.8 Å². The molecule has 9 nitrogen and oxygen atoms in total. The SMILES string of the molecule is O=C(COC(=O)c1c2c(nc3ccccc13)/C(=C\c1ccc3c(c1)OCO3)CC2)N[C@H]1CCS(=O)(=O)C1. The first-order valence-corrected chi connectivity index (χ1v) is 13.9. The van der Waals surface area contributed by atoms with E-state index in [0.29, 0.717) is 47.2 Å². The average Bonchev–Trinajstić information content (AvgIpc) is 3.59. The van der Waals surface area contributed by atoms with Crippen molar-refractivity contribution in [2.24, 2.45) is 0 Å². The molecule has 0 bridgehead atoms. The topological polar surface area (TPSA) is 121 Å². The van der Waals surface area contributed by atoms with Gasteiger partial charge in [-0.15, -0.1) is 0 Å². The lowest BCUT2D eigenvalue weighted by molar-refractivity contribution is -0.124. The van der Waals surface area contributed by atoms with Crippen molar-refractivity contribution >= 4 is 44.3 Å². The van der Waals surface area contributed by atoms with Gasteiger partial charge in [-0.3, -0.25) is 4.79 Å². The molecule has 10 heteroatoms. The Bertz CT molecular complexity index is 1580. The van der Waals surface area contributed by atoms with Crippen LogP contribution in [0, 0.1) is 0 Å². The van der Waals surface area contributed by atoms with Crippen molar-refractivity contribution in [3.8, 4) is 11.5 Å². The molecule has 3 heterocycles. The van der Waals surface area contributed by atoms with Crippen LogP contribution in [0.4, 0.5) is 0 Å². The number of esters is 1. The molecule has 0 unspecified atom stereocenters. The molecule has 0 spiro atoms. The van der Waals surface area contributed by atoms with Gasteiger partial charge in [-0.2, -0.15) is 0 Å². The highest BCUT2D eigenvalue weighted by Crippen LogP contribution is 2.39. The summed E-state index contributed by atoms with van der Waals surface area (Å²) in [5.74, 6) is 0.239. The normalized spacial score (nSPS) is 20.2. The van der Waals surface area contributed by atoms with Crippen molar-refractivity contribution in [1.82, 2.24) is 10.3 Å². The highest BCUT2D eigenvalue weighted by atomic mass is 32.2. The Morgan fingerprint density at radius 2 is 1.95 bits per heavy atom. The number of fused-ring (bicyclic) bond motifs is 3. The molecule has 1 N–H and O–H groups in total. The molecule has 190 valence electrons. The quantitative estimate of drug-likeness (QED) is 0.510. The van der Waals surface area contributed by atoms with Crippen LogP contribution in [0.1, 0.15) is 40.0 Å². The molecular formula is C27H24N2O7S. The maximum Gasteiger partial charge on any atom is 0.339 e. The lowest BCUT2D eigenvalue weighted by atomic mass is 10.0. The lowest BCUT2D eigenvalue weighted by Crippen LogP contribution is -2.38. The van der Waals surface area contributed by atoms with Gasteiger partial charge in [-0.1, -0.05) is 24.3 Å². The van der Waals surface area contributed by atoms with Crippen LogP contribution in [0.5, 0.6) is 11.5 Å². The van der Waals surface area contributed by atoms with Crippen LogP contribution < -0.4 is 14.8 Å². The summed E-state index contributed by atoms with van der Waals surface area (Å²) in [6, 6.07) is 12.6. The van der Waals surface area contributed by atoms with E-state index in [1.165, 1.54) is 0 Å². The van der Waals surface area contributed by atoms with Gasteiger partial charge in [0.05, 0.1) is 28.3 Å². The second kappa shape index (κ2) is 9.19. The van der Waals surface area contributed by atoms with E-state index in [9.17, 15) is 18.0 Å². The number of amides is 1. The van der Waals surface area contributed by atoms with E-state index in [0.717, 1.165) is 22.4 Å². The zero-order valence-corrected chi connectivity index (χ0v) is 20.7. The van der Waals surface area contributed by atoms with E-state index in [4.69, 9.17) is 19.2 Å². The van der Waals surface area contributed by atoms with Gasteiger partial charge in [-0.05, 0) is 60.2 Å². The molecule has 1 aliphatic carbocycles. The molecule has 1 aromatic heterocycles. The number of aromatic nitrogens is 1. The van der Waals surface area contributed by atoms with Gasteiger partial charge in [0.2, 0.25) is 6.79 Å². The summed E-state index contributed by atoms with van der Waals surface area (Å²) < 4.78 is 39.6. The summed E-state index contributed by atoms with van der Waals surface area (Å²) in [6.45, 7) is -0.282. The average molecular weight is 521 g/mol. The third kappa shape index (κ3) is 4.64. The Labute approximate surface area is 213 Å². The predicted octanol–water partition coefficient (Wildman–Crippen LogP) is 2.91. The summed E-state index contributed by atoms with van der Waals surface area (Å²) in [5, 5.41) is 3.31. The molecule has 2 aliphatic heterocycles. The van der Waals surface area contributed by atoms with E-state index in [1.807, 2.05) is 48.5 Å². The molecular weight excluding hydrogens is 496 g/mol. The minimum atomic E-state index is -3.13. The summed E-state index contributed by atoms with van der Waals surface area (Å²) in [6.07, 6.45) is 3.71. The minimum absolute atomic E-state index is 0.0506. The zero-order valence-electron chi connectivity index (χ0n) is 19.9. The molecule has 1 saturated heterocycles. The number of carbonyl (C=O) groups excluding carboxylic acids is 2. The van der Waals surface area contributed by atoms with Crippen LogP contribution in [0.15, 0.2) is 42.5 Å². The second-order valence-electron chi connectivity index (χ2n) is 9.36. The van der Waals surface area contributed by atoms with Gasteiger partial charge in [0.15, 0.2) is 27.9 Å². The summed E-state index contributed by atoms with van der Waals surface area (Å²) in [7, 11) is -3.13. The molecule has 1 fully saturated rings. The van der Waals surface area contributed by atoms with Gasteiger partial charge in [0, 0.05) is 11.4 Å². The summed E-state index contributed by atoms with van der Waals surface area (Å²) in [5.41, 5.74) is 4.53. The molecule has 3 aliphatic rings. The summed E-state index contributed by atoms with van der Waals surface area (Å²) >= 11 is 0. The number of nitrogens with one attached hydrogen (secondary N) is 1. The molecule has 1 atom stereocenters. The maximum absolute atomic E-state index is 13.3. The first-order valence-electron chi connectivity index (χ1n) is 12.1. The van der Waals surface area contributed by atoms with Crippen LogP contribution in [-0.4, -0.2) is 56.2 Å². The van der Waals surface area contributed by atoms with Gasteiger partial charge < -0.3 is 19.5 Å². The molecule has 0 radical (unpaired) electrons. The predicted molar refractivity (Wildman–Crippen MR) is 136 cm³/mol. The van der Waals surface area contributed by atoms with Gasteiger partial charge in [-0.25, -0.2) is 18.2 Å². The third-order valence-corrected chi connectivity index (χ3v) is 8.58. The molecule has 1 amide bonds. The van der Waals surface area contributed by atoms with Crippen molar-refractivity contribution < 1.29 is 32.2 Å². The number of hydrogen-bond acceptors (Lipinski definition) is 8. The van der Waals surface area contributed by atoms with Gasteiger partial charge >= 0.3 is 5.97 Å². The number of sulfone groups is 1. The van der Waals surface area contributed by atoms with E-state index in [-0.39, 0.29) is 18.3 Å². The highest BCUT2D eigenvalue weighted by Gasteiger charge is 2.30. The van der Waals surface area contributed by atoms with E-state index in [1.54, 1.807) is 0 Å². The number of benzene rings is 2. The lowest BCUT2D eigenvalue weighted by Gasteiger charge is -2.14. The monoisotopic (exact) mass is 520 g/mol. The molecule has 3 aromatic rings. The van der Waals surface area contributed by atoms with E-state index in [2.05, 4.69) is 5.32 Å². The van der Waals surface area contributed by atoms with Crippen molar-refractivity contribution in [2.75, 3.05) is 24.9 Å². The number of para-hydroxylation sites is 1. The highest BCUT2D eigenvalue weighted by molar-refractivity contribution is 7.91. The fourth-order valence-electron chi connectivity index (χ4n) is 5.10. The Morgan fingerprint density at radius 1 is 1.11 bits per heavy atom. The molecule has 37 heavy (non-hydrogen) atoms.